The van der Waals surface area contributed by atoms with E-state index < -0.39 is 10.5 Å². The minimum atomic E-state index is -0.527. The highest BCUT2D eigenvalue weighted by Gasteiger charge is 2.38. The van der Waals surface area contributed by atoms with Crippen molar-refractivity contribution in [3.05, 3.63) is 29.8 Å². The van der Waals surface area contributed by atoms with Crippen molar-refractivity contribution in [1.29, 1.82) is 0 Å². The van der Waals surface area contributed by atoms with Crippen LogP contribution in [0.1, 0.15) is 17.7 Å². The van der Waals surface area contributed by atoms with Crippen LogP contribution in [0.25, 0.3) is 0 Å². The molecule has 0 aromatic heterocycles. The molecule has 0 radical (unpaired) electrons. The summed E-state index contributed by atoms with van der Waals surface area (Å²) in [6.07, 6.45) is 0. The largest absolute Gasteiger partial charge is 0.491 e. The first kappa shape index (κ1) is 15.2. The van der Waals surface area contributed by atoms with E-state index in [1.807, 2.05) is 25.1 Å². The van der Waals surface area contributed by atoms with Gasteiger partial charge in [0, 0.05) is 6.54 Å². The molecule has 4 nitrogen and oxygen atoms in total. The number of ether oxygens (including phenoxy) is 1. The Morgan fingerprint density at radius 3 is 2.90 bits per heavy atom. The van der Waals surface area contributed by atoms with Gasteiger partial charge >= 0.3 is 0 Å². The van der Waals surface area contributed by atoms with Crippen molar-refractivity contribution < 1.29 is 14.6 Å². The molecular weight excluding hydrogens is 294 g/mol. The molecule has 20 heavy (non-hydrogen) atoms. The molecule has 0 bridgehead atoms. The van der Waals surface area contributed by atoms with Crippen molar-refractivity contribution in [2.45, 2.75) is 12.2 Å². The van der Waals surface area contributed by atoms with Crippen LogP contribution in [0.15, 0.2) is 24.3 Å². The Hall–Kier alpha value is -1.24. The normalized spacial score (nSPS) is 22.4. The number of rotatable bonds is 5. The molecule has 1 saturated heterocycles. The molecule has 108 valence electrons. The van der Waals surface area contributed by atoms with E-state index in [4.69, 9.17) is 22.1 Å². The number of carbonyl (C=O) groups is 1. The second kappa shape index (κ2) is 6.47. The third kappa shape index (κ3) is 2.77. The summed E-state index contributed by atoms with van der Waals surface area (Å²) in [6, 6.07) is 7.35. The first-order valence-electron chi connectivity index (χ1n) is 6.32. The maximum atomic E-state index is 12.4. The van der Waals surface area contributed by atoms with Gasteiger partial charge in [-0.05, 0) is 24.6 Å². The van der Waals surface area contributed by atoms with Crippen LogP contribution in [0.4, 0.5) is 0 Å². The number of amides is 1. The van der Waals surface area contributed by atoms with Gasteiger partial charge in [-0.15, -0.1) is 10.5 Å². The van der Waals surface area contributed by atoms with Crippen molar-refractivity contribution in [1.82, 2.24) is 4.90 Å². The van der Waals surface area contributed by atoms with Crippen LogP contribution >= 0.6 is 22.7 Å². The van der Waals surface area contributed by atoms with Crippen LogP contribution in [0.5, 0.6) is 5.75 Å². The molecule has 1 aliphatic rings. The smallest absolute Gasteiger partial charge is 0.245 e. The first-order valence-corrected chi connectivity index (χ1v) is 8.18. The first-order chi connectivity index (χ1) is 9.60. The van der Waals surface area contributed by atoms with Gasteiger partial charge in [0.2, 0.25) is 5.91 Å². The molecule has 0 aliphatic carbocycles. The number of nitrogens with zero attached hydrogens (tertiary/aromatic N) is 1. The van der Waals surface area contributed by atoms with Crippen LogP contribution in [0, 0.1) is 0 Å². The van der Waals surface area contributed by atoms with Gasteiger partial charge in [0.25, 0.3) is 0 Å². The standard InChI is InChI=1S/C14H17NO3S2/c1-3-15-13(17)12(20(2)14(15)19)10-5-4-6-11(9-10)18-8-7-16/h4-6,9,12,16H,2-3,7-8H2,1H3. The van der Waals surface area contributed by atoms with Gasteiger partial charge in [-0.2, -0.15) is 0 Å². The minimum absolute atomic E-state index is 0.00939. The van der Waals surface area contributed by atoms with Crippen LogP contribution in [-0.4, -0.2) is 45.9 Å². The fraction of sp³-hybridized carbons (Fsp3) is 0.357. The van der Waals surface area contributed by atoms with Crippen molar-refractivity contribution in [2.24, 2.45) is 0 Å². The number of aliphatic hydroxyl groups is 1. The van der Waals surface area contributed by atoms with E-state index in [0.717, 1.165) is 5.56 Å². The Morgan fingerprint density at radius 2 is 2.30 bits per heavy atom. The van der Waals surface area contributed by atoms with Gasteiger partial charge in [0.05, 0.1) is 6.61 Å². The Kier molecular flexibility index (Phi) is 4.91. The average molecular weight is 311 g/mol. The van der Waals surface area contributed by atoms with Crippen molar-refractivity contribution in [3.63, 3.8) is 0 Å². The number of aliphatic hydroxyl groups excluding tert-OH is 1. The van der Waals surface area contributed by atoms with E-state index in [0.29, 0.717) is 16.6 Å². The highest BCUT2D eigenvalue weighted by atomic mass is 32.2. The predicted octanol–water partition coefficient (Wildman–Crippen LogP) is 1.95. The fourth-order valence-electron chi connectivity index (χ4n) is 2.12. The lowest BCUT2D eigenvalue weighted by atomic mass is 10.1. The fourth-order valence-corrected chi connectivity index (χ4v) is 4.18. The number of likely N-dealkylation sites (N-methyl/N-ethyl adjacent to an activating group) is 1. The average Bonchev–Trinajstić information content (AvgIpc) is 2.67. The SMILES string of the molecule is C=S1C(=S)N(CC)C(=O)C1c1cccc(OCCO)c1. The highest BCUT2D eigenvalue weighted by Crippen LogP contribution is 2.44. The van der Waals surface area contributed by atoms with Crippen LogP contribution in [0.3, 0.4) is 0 Å². The molecule has 6 heteroatoms. The summed E-state index contributed by atoms with van der Waals surface area (Å²) in [4.78, 5) is 14.0. The van der Waals surface area contributed by atoms with Crippen LogP contribution in [-0.2, 0) is 4.79 Å². The molecular formula is C14H17NO3S2. The molecule has 2 unspecified atom stereocenters. The van der Waals surface area contributed by atoms with Gasteiger partial charge in [-0.25, -0.2) is 0 Å². The molecule has 0 saturated carbocycles. The number of hydrogen-bond acceptors (Lipinski definition) is 4. The van der Waals surface area contributed by atoms with Gasteiger partial charge in [-0.3, -0.25) is 9.69 Å². The van der Waals surface area contributed by atoms with Crippen molar-refractivity contribution in [3.8, 4) is 5.75 Å². The van der Waals surface area contributed by atoms with E-state index in [9.17, 15) is 4.79 Å². The molecule has 1 N–H and O–H groups in total. The van der Waals surface area contributed by atoms with Gasteiger partial charge < -0.3 is 9.84 Å². The van der Waals surface area contributed by atoms with Crippen molar-refractivity contribution >= 4 is 38.8 Å². The predicted molar refractivity (Wildman–Crippen MR) is 86.5 cm³/mol. The van der Waals surface area contributed by atoms with E-state index in [1.54, 1.807) is 11.0 Å². The van der Waals surface area contributed by atoms with Gasteiger partial charge in [-0.1, -0.05) is 30.2 Å². The lowest BCUT2D eigenvalue weighted by Crippen LogP contribution is -2.28. The molecule has 1 amide bonds. The summed E-state index contributed by atoms with van der Waals surface area (Å²) in [6.45, 7) is 2.68. The molecule has 1 fully saturated rings. The Morgan fingerprint density at radius 1 is 1.55 bits per heavy atom. The topological polar surface area (TPSA) is 49.8 Å². The summed E-state index contributed by atoms with van der Waals surface area (Å²) < 4.78 is 6.01. The highest BCUT2D eigenvalue weighted by molar-refractivity contribution is 8.34. The second-order valence-corrected chi connectivity index (χ2v) is 6.66. The number of benzene rings is 1. The number of thiocarbonyl (C=S) groups is 1. The molecule has 1 heterocycles. The summed E-state index contributed by atoms with van der Waals surface area (Å²) >= 11 is 5.31. The zero-order valence-electron chi connectivity index (χ0n) is 11.2. The van der Waals surface area contributed by atoms with Crippen LogP contribution < -0.4 is 4.74 Å². The Labute approximate surface area is 126 Å². The van der Waals surface area contributed by atoms with E-state index in [2.05, 4.69) is 5.87 Å². The Balaban J connectivity index is 2.29. The summed E-state index contributed by atoms with van der Waals surface area (Å²) in [5.74, 6) is 4.71. The summed E-state index contributed by atoms with van der Waals surface area (Å²) in [7, 11) is -0.527. The minimum Gasteiger partial charge on any atom is -0.491 e. The molecule has 2 atom stereocenters. The monoisotopic (exact) mass is 311 g/mol. The third-order valence-corrected chi connectivity index (χ3v) is 5.63. The molecule has 1 aromatic carbocycles. The van der Waals surface area contributed by atoms with Crippen LogP contribution in [0.2, 0.25) is 0 Å². The molecule has 1 aliphatic heterocycles. The maximum Gasteiger partial charge on any atom is 0.245 e. The van der Waals surface area contributed by atoms with Gasteiger partial charge in [0.1, 0.15) is 21.9 Å². The van der Waals surface area contributed by atoms with E-state index in [-0.39, 0.29) is 24.4 Å². The lowest BCUT2D eigenvalue weighted by Gasteiger charge is -2.13. The summed E-state index contributed by atoms with van der Waals surface area (Å²) in [5, 5.41) is 8.46. The maximum absolute atomic E-state index is 12.4. The lowest BCUT2D eigenvalue weighted by molar-refractivity contribution is -0.126. The number of hydrogen-bond donors (Lipinski definition) is 1. The van der Waals surface area contributed by atoms with E-state index in [1.165, 1.54) is 0 Å². The zero-order chi connectivity index (χ0) is 14.7. The van der Waals surface area contributed by atoms with Crippen molar-refractivity contribution in [2.75, 3.05) is 19.8 Å². The summed E-state index contributed by atoms with van der Waals surface area (Å²) in [5.41, 5.74) is 0.863. The number of carbonyl (C=O) groups excluding carboxylic acids is 1. The zero-order valence-corrected chi connectivity index (χ0v) is 12.9. The molecule has 0 spiro atoms. The Bertz CT molecular complexity index is 559. The van der Waals surface area contributed by atoms with Gasteiger partial charge in [0.15, 0.2) is 0 Å². The molecule has 1 aromatic rings. The van der Waals surface area contributed by atoms with E-state index >= 15 is 0 Å². The molecule has 2 rings (SSSR count). The third-order valence-electron chi connectivity index (χ3n) is 3.06. The quantitative estimate of drug-likeness (QED) is 0.845. The second-order valence-electron chi connectivity index (χ2n) is 4.30.